The SMILES string of the molecule is C[C@@H]1NCc2cnc3c(Cl)c(Cl)c(O)cc3c21. The fraction of sp³-hybridized carbons (Fsp3) is 0.250. The minimum atomic E-state index is -0.00142. The van der Waals surface area contributed by atoms with Crippen molar-refractivity contribution in [1.82, 2.24) is 10.3 Å². The van der Waals surface area contributed by atoms with Crippen LogP contribution in [-0.4, -0.2) is 10.1 Å². The second-order valence-corrected chi connectivity index (χ2v) is 4.98. The van der Waals surface area contributed by atoms with Crippen LogP contribution in [-0.2, 0) is 6.54 Å². The van der Waals surface area contributed by atoms with Crippen LogP contribution < -0.4 is 5.32 Å². The summed E-state index contributed by atoms with van der Waals surface area (Å²) in [4.78, 5) is 4.32. The molecule has 88 valence electrons. The summed E-state index contributed by atoms with van der Waals surface area (Å²) >= 11 is 12.0. The molecule has 1 aliphatic rings. The zero-order valence-corrected chi connectivity index (χ0v) is 10.6. The Hall–Kier alpha value is -1.03. The zero-order chi connectivity index (χ0) is 12.2. The average Bonchev–Trinajstić information content (AvgIpc) is 2.68. The van der Waals surface area contributed by atoms with E-state index < -0.39 is 0 Å². The van der Waals surface area contributed by atoms with Gasteiger partial charge in [-0.3, -0.25) is 4.98 Å². The van der Waals surface area contributed by atoms with Gasteiger partial charge in [0.1, 0.15) is 10.8 Å². The molecule has 0 fully saturated rings. The van der Waals surface area contributed by atoms with Crippen molar-refractivity contribution in [2.75, 3.05) is 0 Å². The highest BCUT2D eigenvalue weighted by Gasteiger charge is 2.23. The number of aromatic nitrogens is 1. The number of nitrogens with one attached hydrogen (secondary N) is 1. The Morgan fingerprint density at radius 2 is 2.18 bits per heavy atom. The molecule has 0 saturated heterocycles. The van der Waals surface area contributed by atoms with Crippen molar-refractivity contribution >= 4 is 34.1 Å². The van der Waals surface area contributed by atoms with Gasteiger partial charge in [-0.15, -0.1) is 0 Å². The van der Waals surface area contributed by atoms with Crippen molar-refractivity contribution in [2.24, 2.45) is 0 Å². The highest BCUT2D eigenvalue weighted by atomic mass is 35.5. The maximum absolute atomic E-state index is 9.75. The number of phenols is 1. The summed E-state index contributed by atoms with van der Waals surface area (Å²) in [5.74, 6) is -0.00142. The first-order valence-corrected chi connectivity index (χ1v) is 6.07. The molecular formula is C12H10Cl2N2O. The second kappa shape index (κ2) is 3.73. The Morgan fingerprint density at radius 3 is 2.94 bits per heavy atom. The zero-order valence-electron chi connectivity index (χ0n) is 9.09. The van der Waals surface area contributed by atoms with E-state index in [1.807, 2.05) is 6.20 Å². The Morgan fingerprint density at radius 1 is 1.41 bits per heavy atom. The number of halogens is 2. The summed E-state index contributed by atoms with van der Waals surface area (Å²) in [5.41, 5.74) is 2.93. The molecule has 17 heavy (non-hydrogen) atoms. The van der Waals surface area contributed by atoms with Gasteiger partial charge in [-0.2, -0.15) is 0 Å². The van der Waals surface area contributed by atoms with E-state index in [0.717, 1.165) is 23.1 Å². The first-order valence-electron chi connectivity index (χ1n) is 5.31. The Balaban J connectivity index is 2.46. The molecule has 1 aromatic carbocycles. The van der Waals surface area contributed by atoms with Gasteiger partial charge in [0.25, 0.3) is 0 Å². The lowest BCUT2D eigenvalue weighted by atomic mass is 10.0. The molecule has 0 radical (unpaired) electrons. The molecule has 3 rings (SSSR count). The number of nitrogens with zero attached hydrogens (tertiary/aromatic N) is 1. The molecule has 3 nitrogen and oxygen atoms in total. The van der Waals surface area contributed by atoms with Gasteiger partial charge in [0.15, 0.2) is 0 Å². The molecule has 2 heterocycles. The van der Waals surface area contributed by atoms with Gasteiger partial charge in [-0.1, -0.05) is 23.2 Å². The topological polar surface area (TPSA) is 45.2 Å². The summed E-state index contributed by atoms with van der Waals surface area (Å²) in [7, 11) is 0. The minimum absolute atomic E-state index is 0.00142. The quantitative estimate of drug-likeness (QED) is 0.770. The number of benzene rings is 1. The maximum atomic E-state index is 9.75. The number of hydrogen-bond donors (Lipinski definition) is 2. The lowest BCUT2D eigenvalue weighted by molar-refractivity contribution is 0.476. The molecule has 0 bridgehead atoms. The summed E-state index contributed by atoms with van der Waals surface area (Å²) in [6, 6.07) is 1.87. The van der Waals surface area contributed by atoms with Crippen LogP contribution in [0, 0.1) is 0 Å². The Kier molecular flexibility index (Phi) is 2.43. The van der Waals surface area contributed by atoms with Crippen molar-refractivity contribution in [1.29, 1.82) is 0 Å². The largest absolute Gasteiger partial charge is 0.506 e. The number of pyridine rings is 1. The number of fused-ring (bicyclic) bond motifs is 3. The number of rotatable bonds is 0. The molecule has 0 saturated carbocycles. The molecule has 1 atom stereocenters. The van der Waals surface area contributed by atoms with Crippen molar-refractivity contribution in [3.63, 3.8) is 0 Å². The van der Waals surface area contributed by atoms with E-state index in [0.29, 0.717) is 10.5 Å². The van der Waals surface area contributed by atoms with E-state index in [4.69, 9.17) is 23.2 Å². The van der Waals surface area contributed by atoms with Gasteiger partial charge in [0.2, 0.25) is 0 Å². The third-order valence-corrected chi connectivity index (χ3v) is 4.03. The van der Waals surface area contributed by atoms with Crippen LogP contribution in [0.3, 0.4) is 0 Å². The molecule has 2 aromatic rings. The van der Waals surface area contributed by atoms with Crippen LogP contribution in [0.1, 0.15) is 24.1 Å². The van der Waals surface area contributed by atoms with Gasteiger partial charge >= 0.3 is 0 Å². The van der Waals surface area contributed by atoms with E-state index in [2.05, 4.69) is 17.2 Å². The van der Waals surface area contributed by atoms with E-state index >= 15 is 0 Å². The maximum Gasteiger partial charge on any atom is 0.136 e. The molecule has 1 aromatic heterocycles. The van der Waals surface area contributed by atoms with E-state index in [9.17, 15) is 5.11 Å². The van der Waals surface area contributed by atoms with Crippen molar-refractivity contribution in [3.8, 4) is 5.75 Å². The molecule has 0 aliphatic carbocycles. The van der Waals surface area contributed by atoms with Crippen LogP contribution in [0.15, 0.2) is 12.3 Å². The highest BCUT2D eigenvalue weighted by molar-refractivity contribution is 6.46. The standard InChI is InChI=1S/C12H10Cl2N2O/c1-5-9-6(3-15-5)4-16-12-7(9)2-8(17)10(13)11(12)14/h2,4-5,15,17H,3H2,1H3/t5-/m0/s1. The number of aromatic hydroxyl groups is 1. The van der Waals surface area contributed by atoms with E-state index in [1.54, 1.807) is 6.07 Å². The van der Waals surface area contributed by atoms with E-state index in [-0.39, 0.29) is 16.8 Å². The molecule has 1 aliphatic heterocycles. The summed E-state index contributed by atoms with van der Waals surface area (Å²) in [6.45, 7) is 2.87. The molecular weight excluding hydrogens is 259 g/mol. The first kappa shape index (κ1) is 11.1. The number of hydrogen-bond acceptors (Lipinski definition) is 3. The third kappa shape index (κ3) is 1.50. The second-order valence-electron chi connectivity index (χ2n) is 4.22. The van der Waals surface area contributed by atoms with Crippen LogP contribution in [0.2, 0.25) is 10.0 Å². The van der Waals surface area contributed by atoms with Crippen molar-refractivity contribution in [2.45, 2.75) is 19.5 Å². The monoisotopic (exact) mass is 268 g/mol. The third-order valence-electron chi connectivity index (χ3n) is 3.18. The lowest BCUT2D eigenvalue weighted by Gasteiger charge is -2.11. The summed E-state index contributed by atoms with van der Waals surface area (Å²) < 4.78 is 0. The normalized spacial score (nSPS) is 18.6. The van der Waals surface area contributed by atoms with Gasteiger partial charge in [0.05, 0.1) is 10.5 Å². The van der Waals surface area contributed by atoms with Crippen LogP contribution in [0.5, 0.6) is 5.75 Å². The summed E-state index contributed by atoms with van der Waals surface area (Å²) in [6.07, 6.45) is 1.81. The van der Waals surface area contributed by atoms with Crippen molar-refractivity contribution in [3.05, 3.63) is 33.4 Å². The molecule has 0 spiro atoms. The minimum Gasteiger partial charge on any atom is -0.506 e. The van der Waals surface area contributed by atoms with Crippen LogP contribution >= 0.6 is 23.2 Å². The molecule has 0 amide bonds. The van der Waals surface area contributed by atoms with Gasteiger partial charge in [-0.05, 0) is 24.1 Å². The smallest absolute Gasteiger partial charge is 0.136 e. The fourth-order valence-corrected chi connectivity index (χ4v) is 2.73. The predicted molar refractivity (Wildman–Crippen MR) is 68.7 cm³/mol. The molecule has 2 N–H and O–H groups in total. The Labute approximate surface area is 108 Å². The van der Waals surface area contributed by atoms with Gasteiger partial charge in [0, 0.05) is 24.2 Å². The molecule has 0 unspecified atom stereocenters. The average molecular weight is 269 g/mol. The van der Waals surface area contributed by atoms with Crippen LogP contribution in [0.25, 0.3) is 10.9 Å². The summed E-state index contributed by atoms with van der Waals surface area (Å²) in [5, 5.41) is 14.4. The van der Waals surface area contributed by atoms with Crippen molar-refractivity contribution < 1.29 is 5.11 Å². The molecule has 5 heteroatoms. The van der Waals surface area contributed by atoms with Gasteiger partial charge in [-0.25, -0.2) is 0 Å². The predicted octanol–water partition coefficient (Wildman–Crippen LogP) is 3.41. The highest BCUT2D eigenvalue weighted by Crippen LogP contribution is 2.41. The van der Waals surface area contributed by atoms with Crippen LogP contribution in [0.4, 0.5) is 0 Å². The number of phenolic OH excluding ortho intramolecular Hbond substituents is 1. The van der Waals surface area contributed by atoms with E-state index in [1.165, 1.54) is 0 Å². The lowest BCUT2D eigenvalue weighted by Crippen LogP contribution is -2.07. The fourth-order valence-electron chi connectivity index (χ4n) is 2.34. The first-order chi connectivity index (χ1) is 8.09. The Bertz CT molecular complexity index is 628. The van der Waals surface area contributed by atoms with Gasteiger partial charge < -0.3 is 10.4 Å².